The number of rotatable bonds is 4. The van der Waals surface area contributed by atoms with Gasteiger partial charge in [-0.2, -0.15) is 0 Å². The Hall–Kier alpha value is -2.61. The zero-order chi connectivity index (χ0) is 26.4. The first-order valence-corrected chi connectivity index (χ1v) is 14.0. The van der Waals surface area contributed by atoms with Crippen LogP contribution in [-0.4, -0.2) is 96.3 Å². The van der Waals surface area contributed by atoms with Crippen molar-refractivity contribution in [2.24, 2.45) is 17.8 Å². The highest BCUT2D eigenvalue weighted by Crippen LogP contribution is 2.32. The molecular weight excluding hydrogens is 468 g/mol. The molecule has 4 rings (SSSR count). The van der Waals surface area contributed by atoms with Crippen LogP contribution < -0.4 is 4.74 Å². The summed E-state index contributed by atoms with van der Waals surface area (Å²) in [5.41, 5.74) is 1.13. The third-order valence-electron chi connectivity index (χ3n) is 8.08. The first kappa shape index (κ1) is 27.4. The van der Waals surface area contributed by atoms with E-state index in [0.717, 1.165) is 43.7 Å². The highest BCUT2D eigenvalue weighted by molar-refractivity contribution is 5.79. The van der Waals surface area contributed by atoms with Crippen molar-refractivity contribution in [3.05, 3.63) is 29.8 Å². The second kappa shape index (κ2) is 12.8. The maximum Gasteiger partial charge on any atom is 0.236 e. The fourth-order valence-corrected chi connectivity index (χ4v) is 6.06. The second-order valence-corrected chi connectivity index (χ2v) is 11.4. The Morgan fingerprint density at radius 3 is 2.46 bits per heavy atom. The van der Waals surface area contributed by atoms with Crippen LogP contribution in [0.3, 0.4) is 0 Å². The quantitative estimate of drug-likeness (QED) is 0.620. The molecule has 0 unspecified atom stereocenters. The largest absolute Gasteiger partial charge is 0.493 e. The van der Waals surface area contributed by atoms with Crippen molar-refractivity contribution in [1.29, 1.82) is 0 Å². The lowest BCUT2D eigenvalue weighted by molar-refractivity contribution is -0.140. The minimum atomic E-state index is 0.0740. The predicted molar refractivity (Wildman–Crippen MR) is 143 cm³/mol. The van der Waals surface area contributed by atoms with Gasteiger partial charge in [-0.05, 0) is 43.1 Å². The summed E-state index contributed by atoms with van der Waals surface area (Å²) in [4.78, 5) is 46.3. The van der Waals surface area contributed by atoms with E-state index in [2.05, 4.69) is 24.8 Å². The van der Waals surface area contributed by atoms with E-state index in [1.807, 2.05) is 32.9 Å². The molecule has 3 amide bonds. The summed E-state index contributed by atoms with van der Waals surface area (Å²) in [6.45, 7) is 12.4. The number of carbonyl (C=O) groups is 3. The average Bonchev–Trinajstić information content (AvgIpc) is 2.88. The molecule has 0 radical (unpaired) electrons. The monoisotopic (exact) mass is 512 g/mol. The van der Waals surface area contributed by atoms with Crippen LogP contribution in [0.5, 0.6) is 5.75 Å². The summed E-state index contributed by atoms with van der Waals surface area (Å²) in [6, 6.07) is 8.17. The molecule has 204 valence electrons. The van der Waals surface area contributed by atoms with Gasteiger partial charge in [0.1, 0.15) is 5.75 Å². The Kier molecular flexibility index (Phi) is 9.46. The molecule has 8 heteroatoms. The molecule has 2 fully saturated rings. The van der Waals surface area contributed by atoms with Crippen molar-refractivity contribution in [2.45, 2.75) is 53.0 Å². The number of ether oxygens (including phenoxy) is 1. The number of hydrogen-bond acceptors (Lipinski definition) is 5. The first-order valence-electron chi connectivity index (χ1n) is 14.0. The van der Waals surface area contributed by atoms with Crippen LogP contribution in [0.1, 0.15) is 52.0 Å². The molecule has 3 aliphatic heterocycles. The third kappa shape index (κ3) is 7.46. The fraction of sp³-hybridized carbons (Fsp3) is 0.690. The lowest BCUT2D eigenvalue weighted by atomic mass is 9.80. The van der Waals surface area contributed by atoms with Gasteiger partial charge in [-0.15, -0.1) is 0 Å². The van der Waals surface area contributed by atoms with Gasteiger partial charge in [-0.1, -0.05) is 32.0 Å². The van der Waals surface area contributed by atoms with Gasteiger partial charge in [0.2, 0.25) is 17.7 Å². The van der Waals surface area contributed by atoms with E-state index in [4.69, 9.17) is 4.74 Å². The summed E-state index contributed by atoms with van der Waals surface area (Å²) in [5, 5.41) is 0. The van der Waals surface area contributed by atoms with Crippen LogP contribution in [0.15, 0.2) is 24.3 Å². The van der Waals surface area contributed by atoms with Gasteiger partial charge in [0.15, 0.2) is 0 Å². The van der Waals surface area contributed by atoms with Gasteiger partial charge in [-0.25, -0.2) is 0 Å². The van der Waals surface area contributed by atoms with E-state index in [9.17, 15) is 14.4 Å². The molecule has 2 bridgehead atoms. The van der Waals surface area contributed by atoms with Crippen LogP contribution in [0.2, 0.25) is 0 Å². The van der Waals surface area contributed by atoms with E-state index in [1.54, 1.807) is 6.92 Å². The van der Waals surface area contributed by atoms with E-state index >= 15 is 0 Å². The fourth-order valence-electron chi connectivity index (χ4n) is 6.06. The molecule has 2 atom stereocenters. The molecular formula is C29H44N4O4. The van der Waals surface area contributed by atoms with Crippen molar-refractivity contribution < 1.29 is 19.1 Å². The number of piperazine rings is 1. The third-order valence-corrected chi connectivity index (χ3v) is 8.08. The smallest absolute Gasteiger partial charge is 0.236 e. The standard InChI is InChI=1S/C29H44N4O4/c1-22(2)18-30-19-26-7-4-5-9-27(26)37-16-6-8-25-20-33(29(36)21-30)11-10-24(25)17-28(35)32-14-12-31(13-15-32)23(3)34/h4-5,7,9,22,24-25H,6,8,10-21H2,1-3H3/t24-,25-/m0/s1. The van der Waals surface area contributed by atoms with Crippen molar-refractivity contribution in [1.82, 2.24) is 19.6 Å². The molecule has 1 aromatic rings. The average molecular weight is 513 g/mol. The summed E-state index contributed by atoms with van der Waals surface area (Å²) >= 11 is 0. The maximum atomic E-state index is 13.4. The Bertz CT molecular complexity index is 944. The Labute approximate surface area is 221 Å². The molecule has 0 aromatic heterocycles. The van der Waals surface area contributed by atoms with E-state index in [0.29, 0.717) is 70.7 Å². The summed E-state index contributed by atoms with van der Waals surface area (Å²) in [6.07, 6.45) is 3.23. The molecule has 0 spiro atoms. The Balaban J connectivity index is 1.43. The molecule has 0 N–H and O–H groups in total. The van der Waals surface area contributed by atoms with Crippen LogP contribution in [0.4, 0.5) is 0 Å². The zero-order valence-corrected chi connectivity index (χ0v) is 22.9. The van der Waals surface area contributed by atoms with Crippen LogP contribution in [-0.2, 0) is 20.9 Å². The van der Waals surface area contributed by atoms with Crippen molar-refractivity contribution in [3.63, 3.8) is 0 Å². The molecule has 3 aliphatic rings. The molecule has 0 aliphatic carbocycles. The minimum absolute atomic E-state index is 0.0740. The van der Waals surface area contributed by atoms with Crippen LogP contribution in [0, 0.1) is 17.8 Å². The van der Waals surface area contributed by atoms with Gasteiger partial charge in [0, 0.05) is 71.3 Å². The molecule has 8 nitrogen and oxygen atoms in total. The number of fused-ring (bicyclic) bond motifs is 3. The minimum Gasteiger partial charge on any atom is -0.493 e. The number of piperidine rings is 1. The Morgan fingerprint density at radius 2 is 1.73 bits per heavy atom. The summed E-state index contributed by atoms with van der Waals surface area (Å²) in [5.74, 6) is 2.37. The number of benzene rings is 1. The van der Waals surface area contributed by atoms with Gasteiger partial charge in [0.25, 0.3) is 0 Å². The highest BCUT2D eigenvalue weighted by atomic mass is 16.5. The molecule has 2 saturated heterocycles. The van der Waals surface area contributed by atoms with Crippen LogP contribution >= 0.6 is 0 Å². The van der Waals surface area contributed by atoms with E-state index in [-0.39, 0.29) is 23.6 Å². The zero-order valence-electron chi connectivity index (χ0n) is 22.9. The molecule has 3 heterocycles. The van der Waals surface area contributed by atoms with Crippen molar-refractivity contribution in [2.75, 3.05) is 59.0 Å². The highest BCUT2D eigenvalue weighted by Gasteiger charge is 2.34. The topological polar surface area (TPSA) is 73.4 Å². The predicted octanol–water partition coefficient (Wildman–Crippen LogP) is 2.86. The van der Waals surface area contributed by atoms with E-state index < -0.39 is 0 Å². The Morgan fingerprint density at radius 1 is 1.00 bits per heavy atom. The number of hydrogen-bond donors (Lipinski definition) is 0. The number of amides is 3. The lowest BCUT2D eigenvalue weighted by Gasteiger charge is -2.41. The van der Waals surface area contributed by atoms with E-state index in [1.165, 1.54) is 0 Å². The number of para-hydroxylation sites is 1. The van der Waals surface area contributed by atoms with Crippen molar-refractivity contribution >= 4 is 17.7 Å². The molecule has 37 heavy (non-hydrogen) atoms. The van der Waals surface area contributed by atoms with Gasteiger partial charge in [-0.3, -0.25) is 19.3 Å². The maximum absolute atomic E-state index is 13.4. The van der Waals surface area contributed by atoms with Crippen LogP contribution in [0.25, 0.3) is 0 Å². The lowest BCUT2D eigenvalue weighted by Crippen LogP contribution is -2.51. The second-order valence-electron chi connectivity index (χ2n) is 11.4. The van der Waals surface area contributed by atoms with Gasteiger partial charge >= 0.3 is 0 Å². The van der Waals surface area contributed by atoms with Gasteiger partial charge in [0.05, 0.1) is 13.2 Å². The summed E-state index contributed by atoms with van der Waals surface area (Å²) < 4.78 is 6.23. The van der Waals surface area contributed by atoms with Gasteiger partial charge < -0.3 is 19.4 Å². The SMILES string of the molecule is CC(=O)N1CCN(C(=O)C[C@@H]2CCN3C[C@@H]2CCCOc2ccccc2CN(CC(C)C)CC3=O)CC1. The number of carbonyl (C=O) groups excluding carboxylic acids is 3. The summed E-state index contributed by atoms with van der Waals surface area (Å²) in [7, 11) is 0. The molecule has 0 saturated carbocycles. The van der Waals surface area contributed by atoms with Crippen molar-refractivity contribution in [3.8, 4) is 5.75 Å². The first-order chi connectivity index (χ1) is 17.8. The normalized spacial score (nSPS) is 24.0. The number of nitrogens with zero attached hydrogens (tertiary/aromatic N) is 4. The molecule has 1 aromatic carbocycles.